The third kappa shape index (κ3) is 5.90. The number of urea groups is 1. The second-order valence-electron chi connectivity index (χ2n) is 5.97. The van der Waals surface area contributed by atoms with Crippen molar-refractivity contribution in [3.63, 3.8) is 0 Å². The van der Waals surface area contributed by atoms with E-state index in [1.807, 2.05) is 0 Å². The van der Waals surface area contributed by atoms with E-state index in [1.165, 1.54) is 25.1 Å². The van der Waals surface area contributed by atoms with E-state index in [9.17, 15) is 14.4 Å². The van der Waals surface area contributed by atoms with Crippen molar-refractivity contribution in [3.8, 4) is 0 Å². The molecule has 0 saturated heterocycles. The number of carbonyl (C=O) groups is 3. The van der Waals surface area contributed by atoms with Crippen molar-refractivity contribution in [2.24, 2.45) is 0 Å². The van der Waals surface area contributed by atoms with E-state index in [-0.39, 0.29) is 16.6 Å². The van der Waals surface area contributed by atoms with E-state index in [4.69, 9.17) is 27.9 Å². The number of hydrogen-bond donors (Lipinski definition) is 2. The molecule has 1 atom stereocenters. The van der Waals surface area contributed by atoms with Crippen LogP contribution in [0.1, 0.15) is 49.4 Å². The van der Waals surface area contributed by atoms with E-state index in [0.29, 0.717) is 5.02 Å². The highest BCUT2D eigenvalue weighted by atomic mass is 35.5. The minimum atomic E-state index is -1.15. The van der Waals surface area contributed by atoms with E-state index in [1.54, 1.807) is 0 Å². The molecule has 1 aliphatic carbocycles. The van der Waals surface area contributed by atoms with Gasteiger partial charge in [-0.3, -0.25) is 10.1 Å². The first-order valence-electron chi connectivity index (χ1n) is 8.14. The summed E-state index contributed by atoms with van der Waals surface area (Å²) in [5.41, 5.74) is 0.0560. The molecule has 2 rings (SSSR count). The molecule has 0 bridgehead atoms. The van der Waals surface area contributed by atoms with Crippen molar-refractivity contribution < 1.29 is 19.1 Å². The minimum Gasteiger partial charge on any atom is -0.449 e. The number of halogens is 2. The highest BCUT2D eigenvalue weighted by molar-refractivity contribution is 6.35. The number of ether oxygens (including phenoxy) is 1. The molecule has 1 aromatic carbocycles. The highest BCUT2D eigenvalue weighted by Crippen LogP contribution is 2.22. The number of amides is 3. The van der Waals surface area contributed by atoms with Gasteiger partial charge in [0.15, 0.2) is 6.10 Å². The van der Waals surface area contributed by atoms with Crippen LogP contribution in [0.25, 0.3) is 0 Å². The quantitative estimate of drug-likeness (QED) is 0.772. The molecule has 0 unspecified atom stereocenters. The maximum absolute atomic E-state index is 12.1. The van der Waals surface area contributed by atoms with Gasteiger partial charge in [0.2, 0.25) is 0 Å². The van der Waals surface area contributed by atoms with Gasteiger partial charge in [0.1, 0.15) is 0 Å². The summed E-state index contributed by atoms with van der Waals surface area (Å²) in [4.78, 5) is 36.0. The summed E-state index contributed by atoms with van der Waals surface area (Å²) in [5.74, 6) is -1.50. The monoisotopic (exact) mass is 386 g/mol. The number of esters is 1. The zero-order valence-electron chi connectivity index (χ0n) is 13.8. The fourth-order valence-electron chi connectivity index (χ4n) is 2.61. The summed E-state index contributed by atoms with van der Waals surface area (Å²) in [6, 6.07) is 3.84. The van der Waals surface area contributed by atoms with Crippen molar-refractivity contribution in [1.29, 1.82) is 0 Å². The molecule has 1 saturated carbocycles. The zero-order valence-corrected chi connectivity index (χ0v) is 15.3. The van der Waals surface area contributed by atoms with Crippen LogP contribution in [0.15, 0.2) is 18.2 Å². The average molecular weight is 387 g/mol. The maximum atomic E-state index is 12.1. The van der Waals surface area contributed by atoms with Gasteiger partial charge in [0.05, 0.1) is 10.6 Å². The second-order valence-corrected chi connectivity index (χ2v) is 6.81. The highest BCUT2D eigenvalue weighted by Gasteiger charge is 2.23. The molecule has 0 radical (unpaired) electrons. The lowest BCUT2D eigenvalue weighted by atomic mass is 9.96. The molecule has 3 amide bonds. The van der Waals surface area contributed by atoms with Crippen molar-refractivity contribution in [1.82, 2.24) is 10.6 Å². The van der Waals surface area contributed by atoms with Crippen LogP contribution >= 0.6 is 23.2 Å². The van der Waals surface area contributed by atoms with Crippen molar-refractivity contribution in [2.75, 3.05) is 0 Å². The lowest BCUT2D eigenvalue weighted by molar-refractivity contribution is -0.127. The molecular weight excluding hydrogens is 367 g/mol. The number of nitrogens with one attached hydrogen (secondary N) is 2. The van der Waals surface area contributed by atoms with Crippen LogP contribution < -0.4 is 10.6 Å². The molecule has 8 heteroatoms. The Kier molecular flexibility index (Phi) is 7.08. The fraction of sp³-hybridized carbons (Fsp3) is 0.471. The summed E-state index contributed by atoms with van der Waals surface area (Å²) in [5, 5.41) is 5.42. The van der Waals surface area contributed by atoms with Gasteiger partial charge < -0.3 is 10.1 Å². The van der Waals surface area contributed by atoms with E-state index < -0.39 is 24.0 Å². The Balaban J connectivity index is 1.85. The molecular formula is C17H20Cl2N2O4. The summed E-state index contributed by atoms with van der Waals surface area (Å²) < 4.78 is 5.05. The van der Waals surface area contributed by atoms with Crippen molar-refractivity contribution in [2.45, 2.75) is 51.2 Å². The second kappa shape index (κ2) is 9.06. The molecule has 2 N–H and O–H groups in total. The largest absolute Gasteiger partial charge is 0.449 e. The lowest BCUT2D eigenvalue weighted by Gasteiger charge is -2.23. The Labute approximate surface area is 156 Å². The number of carbonyl (C=O) groups excluding carboxylic acids is 3. The Bertz CT molecular complexity index is 660. The number of imide groups is 1. The lowest BCUT2D eigenvalue weighted by Crippen LogP contribution is -2.48. The van der Waals surface area contributed by atoms with Gasteiger partial charge in [-0.2, -0.15) is 0 Å². The van der Waals surface area contributed by atoms with Crippen LogP contribution in [-0.4, -0.2) is 30.1 Å². The third-order valence-corrected chi connectivity index (χ3v) is 4.54. The van der Waals surface area contributed by atoms with E-state index in [2.05, 4.69) is 10.6 Å². The normalized spacial score (nSPS) is 16.0. The van der Waals surface area contributed by atoms with Gasteiger partial charge in [0, 0.05) is 11.1 Å². The molecule has 0 spiro atoms. The van der Waals surface area contributed by atoms with Crippen LogP contribution in [-0.2, 0) is 9.53 Å². The Morgan fingerprint density at radius 1 is 1.16 bits per heavy atom. The molecule has 0 heterocycles. The van der Waals surface area contributed by atoms with Gasteiger partial charge in [0.25, 0.3) is 5.91 Å². The Morgan fingerprint density at radius 3 is 2.52 bits per heavy atom. The summed E-state index contributed by atoms with van der Waals surface area (Å²) in [6.45, 7) is 1.37. The van der Waals surface area contributed by atoms with Gasteiger partial charge >= 0.3 is 12.0 Å². The topological polar surface area (TPSA) is 84.5 Å². The van der Waals surface area contributed by atoms with Gasteiger partial charge in [-0.1, -0.05) is 42.5 Å². The average Bonchev–Trinajstić information content (AvgIpc) is 2.57. The van der Waals surface area contributed by atoms with Crippen LogP contribution in [0, 0.1) is 0 Å². The number of hydrogen-bond acceptors (Lipinski definition) is 4. The molecule has 0 aromatic heterocycles. The maximum Gasteiger partial charge on any atom is 0.340 e. The third-order valence-electron chi connectivity index (χ3n) is 3.98. The number of rotatable bonds is 4. The predicted octanol–water partition coefficient (Wildman–Crippen LogP) is 3.70. The fourth-order valence-corrected chi connectivity index (χ4v) is 2.98. The molecule has 25 heavy (non-hydrogen) atoms. The first-order valence-corrected chi connectivity index (χ1v) is 8.90. The van der Waals surface area contributed by atoms with E-state index in [0.717, 1.165) is 32.1 Å². The van der Waals surface area contributed by atoms with Gasteiger partial charge in [-0.25, -0.2) is 9.59 Å². The van der Waals surface area contributed by atoms with Crippen molar-refractivity contribution in [3.05, 3.63) is 33.8 Å². The summed E-state index contributed by atoms with van der Waals surface area (Å²) in [6.07, 6.45) is 3.94. The number of benzene rings is 1. The first kappa shape index (κ1) is 19.5. The van der Waals surface area contributed by atoms with Crippen LogP contribution in [0.5, 0.6) is 0 Å². The molecule has 136 valence electrons. The summed E-state index contributed by atoms with van der Waals surface area (Å²) in [7, 11) is 0. The predicted molar refractivity (Wildman–Crippen MR) is 94.9 cm³/mol. The van der Waals surface area contributed by atoms with Crippen LogP contribution in [0.2, 0.25) is 10.0 Å². The van der Waals surface area contributed by atoms with Gasteiger partial charge in [-0.15, -0.1) is 0 Å². The summed E-state index contributed by atoms with van der Waals surface area (Å²) >= 11 is 11.7. The zero-order chi connectivity index (χ0) is 18.4. The minimum absolute atomic E-state index is 0.0560. The van der Waals surface area contributed by atoms with Crippen molar-refractivity contribution >= 4 is 41.1 Å². The molecule has 1 aromatic rings. The molecule has 1 aliphatic rings. The van der Waals surface area contributed by atoms with Crippen LogP contribution in [0.3, 0.4) is 0 Å². The van der Waals surface area contributed by atoms with Crippen LogP contribution in [0.4, 0.5) is 4.79 Å². The molecule has 6 nitrogen and oxygen atoms in total. The molecule has 1 fully saturated rings. The van der Waals surface area contributed by atoms with Gasteiger partial charge in [-0.05, 0) is 38.0 Å². The standard InChI is InChI=1S/C17H20Cl2N2O4/c1-10(25-16(23)13-9-11(18)7-8-14(13)19)15(22)21-17(24)20-12-5-3-2-4-6-12/h7-10,12H,2-6H2,1H3,(H2,20,21,22,24)/t10-/m1/s1. The smallest absolute Gasteiger partial charge is 0.340 e. The SMILES string of the molecule is C[C@@H](OC(=O)c1cc(Cl)ccc1Cl)C(=O)NC(=O)NC1CCCCC1. The Morgan fingerprint density at radius 2 is 1.84 bits per heavy atom. The first-order chi connectivity index (χ1) is 11.9. The Hall–Kier alpha value is -1.79. The molecule has 0 aliphatic heterocycles. The van der Waals surface area contributed by atoms with E-state index >= 15 is 0 Å².